The first kappa shape index (κ1) is 11.3. The van der Waals surface area contributed by atoms with E-state index in [-0.39, 0.29) is 0 Å². The van der Waals surface area contributed by atoms with Crippen LogP contribution < -0.4 is 4.90 Å². The van der Waals surface area contributed by atoms with Crippen molar-refractivity contribution < 1.29 is 0 Å². The van der Waals surface area contributed by atoms with E-state index in [0.717, 1.165) is 28.8 Å². The number of aromatic amines is 1. The maximum atomic E-state index is 4.75. The van der Waals surface area contributed by atoms with E-state index >= 15 is 0 Å². The van der Waals surface area contributed by atoms with E-state index in [1.165, 1.54) is 31.5 Å². The fraction of sp³-hybridized carbons (Fsp3) is 0.600. The molecule has 2 atom stereocenters. The van der Waals surface area contributed by atoms with Crippen molar-refractivity contribution in [2.75, 3.05) is 19.0 Å². The van der Waals surface area contributed by atoms with E-state index in [2.05, 4.69) is 16.0 Å². The van der Waals surface area contributed by atoms with Crippen LogP contribution in [-0.4, -0.2) is 29.0 Å². The van der Waals surface area contributed by atoms with Gasteiger partial charge in [-0.1, -0.05) is 12.8 Å². The fourth-order valence-electron chi connectivity index (χ4n) is 3.71. The van der Waals surface area contributed by atoms with Crippen molar-refractivity contribution in [3.8, 4) is 0 Å². The lowest BCUT2D eigenvalue weighted by atomic mass is 10.0. The van der Waals surface area contributed by atoms with Crippen molar-refractivity contribution in [2.45, 2.75) is 31.6 Å². The number of nitrogens with one attached hydrogen (secondary N) is 1. The highest BCUT2D eigenvalue weighted by Crippen LogP contribution is 2.60. The number of imidazole rings is 1. The van der Waals surface area contributed by atoms with Gasteiger partial charge < -0.3 is 9.88 Å². The van der Waals surface area contributed by atoms with Crippen molar-refractivity contribution in [1.29, 1.82) is 0 Å². The Balaban J connectivity index is 1.68. The van der Waals surface area contributed by atoms with Gasteiger partial charge in [-0.3, -0.25) is 0 Å². The molecule has 2 aliphatic carbocycles. The Morgan fingerprint density at radius 1 is 1.11 bits per heavy atom. The van der Waals surface area contributed by atoms with Gasteiger partial charge >= 0.3 is 0 Å². The number of pyridine rings is 1. The first-order valence-corrected chi connectivity index (χ1v) is 7.28. The maximum Gasteiger partial charge on any atom is 0.179 e. The Bertz CT molecular complexity index is 604. The van der Waals surface area contributed by atoms with Crippen LogP contribution in [0.4, 0.5) is 5.82 Å². The minimum Gasteiger partial charge on any atom is -0.363 e. The largest absolute Gasteiger partial charge is 0.363 e. The predicted octanol–water partition coefficient (Wildman–Crippen LogP) is 2.93. The molecule has 0 spiro atoms. The summed E-state index contributed by atoms with van der Waals surface area (Å²) in [6.45, 7) is 0. The van der Waals surface area contributed by atoms with Crippen molar-refractivity contribution >= 4 is 17.0 Å². The molecule has 2 fully saturated rings. The zero-order chi connectivity index (χ0) is 13.0. The molecule has 0 saturated heterocycles. The Morgan fingerprint density at radius 3 is 2.53 bits per heavy atom. The Hall–Kier alpha value is -1.58. The second kappa shape index (κ2) is 3.95. The standard InChI is InChI=1S/C15H20N4/c1-19(2)12-8-7-11-14(17-12)18-15(16-11)13-9-5-3-4-6-10(9)13/h7-10,13H,3-6H2,1-2H3,(H,16,17,18). The number of anilines is 1. The minimum atomic E-state index is 0.680. The van der Waals surface area contributed by atoms with Crippen molar-refractivity contribution in [3.63, 3.8) is 0 Å². The zero-order valence-corrected chi connectivity index (χ0v) is 11.6. The topological polar surface area (TPSA) is 44.8 Å². The van der Waals surface area contributed by atoms with Crippen molar-refractivity contribution in [2.24, 2.45) is 11.8 Å². The Morgan fingerprint density at radius 2 is 1.84 bits per heavy atom. The van der Waals surface area contributed by atoms with Gasteiger partial charge in [0, 0.05) is 20.0 Å². The highest BCUT2D eigenvalue weighted by molar-refractivity contribution is 5.73. The van der Waals surface area contributed by atoms with Crippen LogP contribution >= 0.6 is 0 Å². The molecule has 2 heterocycles. The quantitative estimate of drug-likeness (QED) is 0.898. The number of hydrogen-bond donors (Lipinski definition) is 1. The lowest BCUT2D eigenvalue weighted by Gasteiger charge is -2.09. The van der Waals surface area contributed by atoms with Crippen LogP contribution in [-0.2, 0) is 0 Å². The van der Waals surface area contributed by atoms with E-state index in [1.807, 2.05) is 25.1 Å². The van der Waals surface area contributed by atoms with Crippen molar-refractivity contribution in [1.82, 2.24) is 15.0 Å². The normalized spacial score (nSPS) is 29.3. The molecule has 1 N–H and O–H groups in total. The van der Waals surface area contributed by atoms with E-state index < -0.39 is 0 Å². The highest BCUT2D eigenvalue weighted by atomic mass is 15.2. The van der Waals surface area contributed by atoms with Gasteiger partial charge in [-0.25, -0.2) is 9.97 Å². The molecule has 4 nitrogen and oxygen atoms in total. The molecular weight excluding hydrogens is 236 g/mol. The molecule has 4 heteroatoms. The summed E-state index contributed by atoms with van der Waals surface area (Å²) in [6.07, 6.45) is 5.59. The third kappa shape index (κ3) is 1.73. The van der Waals surface area contributed by atoms with Gasteiger partial charge in [0.1, 0.15) is 11.6 Å². The van der Waals surface area contributed by atoms with Crippen LogP contribution in [0.1, 0.15) is 37.4 Å². The van der Waals surface area contributed by atoms with Crippen LogP contribution in [0.25, 0.3) is 11.2 Å². The van der Waals surface area contributed by atoms with Gasteiger partial charge in [-0.2, -0.15) is 0 Å². The summed E-state index contributed by atoms with van der Waals surface area (Å²) in [5.41, 5.74) is 1.94. The molecule has 0 amide bonds. The molecule has 19 heavy (non-hydrogen) atoms. The third-order valence-corrected chi connectivity index (χ3v) is 4.78. The molecule has 0 aliphatic heterocycles. The number of fused-ring (bicyclic) bond motifs is 2. The molecule has 2 aromatic rings. The number of H-pyrrole nitrogens is 1. The van der Waals surface area contributed by atoms with Gasteiger partial charge in [-0.05, 0) is 36.8 Å². The fourth-order valence-corrected chi connectivity index (χ4v) is 3.71. The zero-order valence-electron chi connectivity index (χ0n) is 11.6. The first-order valence-electron chi connectivity index (χ1n) is 7.28. The third-order valence-electron chi connectivity index (χ3n) is 4.78. The maximum absolute atomic E-state index is 4.75. The van der Waals surface area contributed by atoms with Crippen LogP contribution in [0.15, 0.2) is 12.1 Å². The van der Waals surface area contributed by atoms with E-state index in [9.17, 15) is 0 Å². The first-order chi connectivity index (χ1) is 9.24. The molecular formula is C15H20N4. The summed E-state index contributed by atoms with van der Waals surface area (Å²) in [7, 11) is 4.02. The average Bonchev–Trinajstić information content (AvgIpc) is 3.00. The lowest BCUT2D eigenvalue weighted by molar-refractivity contribution is 0.480. The summed E-state index contributed by atoms with van der Waals surface area (Å²) < 4.78 is 0. The van der Waals surface area contributed by atoms with E-state index in [1.54, 1.807) is 0 Å². The van der Waals surface area contributed by atoms with Gasteiger partial charge in [-0.15, -0.1) is 0 Å². The van der Waals surface area contributed by atoms with Gasteiger partial charge in [0.2, 0.25) is 0 Å². The molecule has 4 rings (SSSR count). The molecule has 0 bridgehead atoms. The Kier molecular flexibility index (Phi) is 2.34. The van der Waals surface area contributed by atoms with Crippen LogP contribution in [0, 0.1) is 11.8 Å². The molecule has 100 valence electrons. The second-order valence-corrected chi connectivity index (χ2v) is 6.20. The van der Waals surface area contributed by atoms with Gasteiger partial charge in [0.25, 0.3) is 0 Å². The monoisotopic (exact) mass is 256 g/mol. The number of aromatic nitrogens is 3. The summed E-state index contributed by atoms with van der Waals surface area (Å²) in [4.78, 5) is 14.9. The van der Waals surface area contributed by atoms with Gasteiger partial charge in [0.05, 0.1) is 5.52 Å². The highest BCUT2D eigenvalue weighted by Gasteiger charge is 2.52. The summed E-state index contributed by atoms with van der Waals surface area (Å²) >= 11 is 0. The Labute approximate surface area is 113 Å². The molecule has 2 saturated carbocycles. The van der Waals surface area contributed by atoms with E-state index in [0.29, 0.717) is 5.92 Å². The lowest BCUT2D eigenvalue weighted by Crippen LogP contribution is -2.10. The number of rotatable bonds is 2. The van der Waals surface area contributed by atoms with Crippen molar-refractivity contribution in [3.05, 3.63) is 18.0 Å². The average molecular weight is 256 g/mol. The van der Waals surface area contributed by atoms with Crippen LogP contribution in [0.2, 0.25) is 0 Å². The SMILES string of the molecule is CN(C)c1ccc2[nH]c(C3C4CCCCC43)nc2n1. The summed E-state index contributed by atoms with van der Waals surface area (Å²) in [5, 5.41) is 0. The smallest absolute Gasteiger partial charge is 0.179 e. The number of nitrogens with zero attached hydrogens (tertiary/aromatic N) is 3. The van der Waals surface area contributed by atoms with Crippen LogP contribution in [0.3, 0.4) is 0 Å². The molecule has 0 aromatic carbocycles. The second-order valence-electron chi connectivity index (χ2n) is 6.20. The summed E-state index contributed by atoms with van der Waals surface area (Å²) in [5.74, 6) is 4.61. The van der Waals surface area contributed by atoms with E-state index in [4.69, 9.17) is 4.98 Å². The predicted molar refractivity (Wildman–Crippen MR) is 76.4 cm³/mol. The molecule has 0 radical (unpaired) electrons. The summed E-state index contributed by atoms with van der Waals surface area (Å²) in [6, 6.07) is 4.14. The minimum absolute atomic E-state index is 0.680. The molecule has 2 aliphatic rings. The van der Waals surface area contributed by atoms with Gasteiger partial charge in [0.15, 0.2) is 5.65 Å². The number of hydrogen-bond acceptors (Lipinski definition) is 3. The molecule has 2 aromatic heterocycles. The van der Waals surface area contributed by atoms with Crippen LogP contribution in [0.5, 0.6) is 0 Å². The molecule has 2 unspecified atom stereocenters.